The monoisotopic (exact) mass is 320 g/mol. The van der Waals surface area contributed by atoms with Gasteiger partial charge in [0.2, 0.25) is 5.91 Å². The van der Waals surface area contributed by atoms with Crippen molar-refractivity contribution in [1.29, 1.82) is 0 Å². The summed E-state index contributed by atoms with van der Waals surface area (Å²) < 4.78 is 36.1. The number of likely N-dealkylation sites (N-methyl/N-ethyl adjacent to an activating group) is 1. The molecule has 1 amide bonds. The number of thioether (sulfide) groups is 1. The van der Waals surface area contributed by atoms with Gasteiger partial charge >= 0.3 is 5.51 Å². The van der Waals surface area contributed by atoms with Crippen LogP contribution in [0.1, 0.15) is 17.2 Å². The van der Waals surface area contributed by atoms with Crippen LogP contribution in [0.5, 0.6) is 0 Å². The van der Waals surface area contributed by atoms with Crippen LogP contribution in [0.15, 0.2) is 24.3 Å². The summed E-state index contributed by atoms with van der Waals surface area (Å²) in [4.78, 5) is 14.0. The summed E-state index contributed by atoms with van der Waals surface area (Å²) in [6, 6.07) is 6.96. The Morgan fingerprint density at radius 1 is 1.33 bits per heavy atom. The summed E-state index contributed by atoms with van der Waals surface area (Å²) in [7, 11) is 3.53. The van der Waals surface area contributed by atoms with Crippen molar-refractivity contribution in [2.75, 3.05) is 26.4 Å². The first-order valence-electron chi connectivity index (χ1n) is 6.42. The molecule has 0 bridgehead atoms. The number of nitrogens with zero attached hydrogens (tertiary/aromatic N) is 1. The third-order valence-electron chi connectivity index (χ3n) is 2.91. The number of hydrogen-bond donors (Lipinski definition) is 1. The quantitative estimate of drug-likeness (QED) is 0.818. The molecule has 0 heterocycles. The maximum Gasteiger partial charge on any atom is 0.441 e. The highest BCUT2D eigenvalue weighted by atomic mass is 32.2. The average Bonchev–Trinajstić information content (AvgIpc) is 2.36. The number of nitrogens with one attached hydrogen (secondary N) is 1. The summed E-state index contributed by atoms with van der Waals surface area (Å²) in [6.45, 7) is 1.89. The molecular formula is C14H19F3N2OS. The molecule has 0 fully saturated rings. The number of carbonyl (C=O) groups is 1. The second-order valence-corrected chi connectivity index (χ2v) is 5.97. The first-order chi connectivity index (χ1) is 9.72. The Morgan fingerprint density at radius 3 is 2.48 bits per heavy atom. The molecule has 0 aromatic heterocycles. The van der Waals surface area contributed by atoms with E-state index in [1.807, 2.05) is 31.2 Å². The van der Waals surface area contributed by atoms with E-state index >= 15 is 0 Å². The molecular weight excluding hydrogens is 301 g/mol. The average molecular weight is 320 g/mol. The Labute approximate surface area is 126 Å². The van der Waals surface area contributed by atoms with E-state index in [1.54, 1.807) is 19.0 Å². The van der Waals surface area contributed by atoms with Gasteiger partial charge in [0, 0.05) is 12.3 Å². The molecule has 118 valence electrons. The van der Waals surface area contributed by atoms with Crippen LogP contribution >= 0.6 is 11.8 Å². The zero-order valence-corrected chi connectivity index (χ0v) is 13.0. The second kappa shape index (κ2) is 7.70. The molecule has 3 nitrogen and oxygen atoms in total. The van der Waals surface area contributed by atoms with Crippen molar-refractivity contribution in [3.05, 3.63) is 35.4 Å². The zero-order chi connectivity index (χ0) is 16.0. The van der Waals surface area contributed by atoms with Gasteiger partial charge in [-0.2, -0.15) is 13.2 Å². The predicted octanol–water partition coefficient (Wildman–Crippen LogP) is 2.97. The topological polar surface area (TPSA) is 32.3 Å². The van der Waals surface area contributed by atoms with Crippen LogP contribution in [0.3, 0.4) is 0 Å². The van der Waals surface area contributed by atoms with E-state index in [9.17, 15) is 18.0 Å². The number of carbonyl (C=O) groups excluding carboxylic acids is 1. The van der Waals surface area contributed by atoms with Gasteiger partial charge in [-0.1, -0.05) is 24.3 Å². The SMILES string of the molecule is Cc1ccccc1[C@@H](C(=O)NCCSC(F)(F)F)N(C)C. The van der Waals surface area contributed by atoms with Crippen molar-refractivity contribution in [3.63, 3.8) is 0 Å². The molecule has 1 atom stereocenters. The molecule has 0 saturated carbocycles. The van der Waals surface area contributed by atoms with E-state index in [4.69, 9.17) is 0 Å². The van der Waals surface area contributed by atoms with Crippen molar-refractivity contribution in [1.82, 2.24) is 10.2 Å². The summed E-state index contributed by atoms with van der Waals surface area (Å²) in [5.74, 6) is -0.486. The van der Waals surface area contributed by atoms with Crippen LogP contribution < -0.4 is 5.32 Å². The van der Waals surface area contributed by atoms with Crippen LogP contribution in [-0.2, 0) is 4.79 Å². The van der Waals surface area contributed by atoms with Crippen LogP contribution in [-0.4, -0.2) is 42.7 Å². The molecule has 1 rings (SSSR count). The number of benzene rings is 1. The summed E-state index contributed by atoms with van der Waals surface area (Å²) in [5, 5.41) is 2.56. The van der Waals surface area contributed by atoms with Crippen LogP contribution in [0.25, 0.3) is 0 Å². The van der Waals surface area contributed by atoms with Gasteiger partial charge in [-0.05, 0) is 43.9 Å². The Balaban J connectivity index is 2.66. The maximum absolute atomic E-state index is 12.2. The van der Waals surface area contributed by atoms with Crippen molar-refractivity contribution < 1.29 is 18.0 Å². The third-order valence-corrected chi connectivity index (χ3v) is 3.65. The fourth-order valence-corrected chi connectivity index (χ4v) is 2.42. The largest absolute Gasteiger partial charge is 0.441 e. The Morgan fingerprint density at radius 2 is 1.95 bits per heavy atom. The smallest absolute Gasteiger partial charge is 0.354 e. The van der Waals surface area contributed by atoms with Gasteiger partial charge in [-0.3, -0.25) is 9.69 Å². The standard InChI is InChI=1S/C14H19F3N2OS/c1-10-6-4-5-7-11(10)12(19(2)3)13(20)18-8-9-21-14(15,16)17/h4-7,12H,8-9H2,1-3H3,(H,18,20)/t12-/m0/s1. The van der Waals surface area contributed by atoms with Crippen LogP contribution in [0, 0.1) is 6.92 Å². The first-order valence-corrected chi connectivity index (χ1v) is 7.41. The van der Waals surface area contributed by atoms with E-state index in [2.05, 4.69) is 5.32 Å². The fraction of sp³-hybridized carbons (Fsp3) is 0.500. The van der Waals surface area contributed by atoms with Crippen LogP contribution in [0.4, 0.5) is 13.2 Å². The van der Waals surface area contributed by atoms with Gasteiger partial charge in [-0.15, -0.1) is 0 Å². The highest BCUT2D eigenvalue weighted by molar-refractivity contribution is 8.00. The summed E-state index contributed by atoms with van der Waals surface area (Å²) in [5.41, 5.74) is -2.44. The minimum atomic E-state index is -4.26. The van der Waals surface area contributed by atoms with Crippen molar-refractivity contribution in [2.45, 2.75) is 18.5 Å². The fourth-order valence-electron chi connectivity index (χ4n) is 1.99. The first kappa shape index (κ1) is 17.8. The third kappa shape index (κ3) is 5.97. The Kier molecular flexibility index (Phi) is 6.54. The molecule has 7 heteroatoms. The minimum Gasteiger partial charge on any atom is -0.354 e. The van der Waals surface area contributed by atoms with Gasteiger partial charge in [0.1, 0.15) is 6.04 Å². The van der Waals surface area contributed by atoms with Crippen LogP contribution in [0.2, 0.25) is 0 Å². The summed E-state index contributed by atoms with van der Waals surface area (Å²) in [6.07, 6.45) is 0. The molecule has 1 N–H and O–H groups in total. The molecule has 0 aliphatic heterocycles. The van der Waals surface area contributed by atoms with E-state index < -0.39 is 11.6 Å². The molecule has 0 radical (unpaired) electrons. The number of rotatable bonds is 6. The predicted molar refractivity (Wildman–Crippen MR) is 79.1 cm³/mol. The lowest BCUT2D eigenvalue weighted by Crippen LogP contribution is -2.38. The van der Waals surface area contributed by atoms with Gasteiger partial charge in [0.15, 0.2) is 0 Å². The maximum atomic E-state index is 12.2. The molecule has 1 aromatic carbocycles. The van der Waals surface area contributed by atoms with E-state index in [1.165, 1.54) is 0 Å². The number of hydrogen-bond acceptors (Lipinski definition) is 3. The number of alkyl halides is 3. The molecule has 21 heavy (non-hydrogen) atoms. The van der Waals surface area contributed by atoms with Gasteiger partial charge in [0.05, 0.1) is 0 Å². The minimum absolute atomic E-state index is 0.0147. The van der Waals surface area contributed by atoms with Crippen molar-refractivity contribution in [2.24, 2.45) is 0 Å². The van der Waals surface area contributed by atoms with E-state index in [-0.39, 0.29) is 30.0 Å². The Bertz CT molecular complexity index is 478. The molecule has 0 saturated heterocycles. The highest BCUT2D eigenvalue weighted by Gasteiger charge is 2.28. The molecule has 0 unspecified atom stereocenters. The number of aryl methyl sites for hydroxylation is 1. The van der Waals surface area contributed by atoms with Gasteiger partial charge < -0.3 is 5.32 Å². The lowest BCUT2D eigenvalue weighted by molar-refractivity contribution is -0.125. The normalized spacial score (nSPS) is 13.3. The number of amides is 1. The molecule has 1 aromatic rings. The Hall–Kier alpha value is -1.21. The van der Waals surface area contributed by atoms with Gasteiger partial charge in [-0.25, -0.2) is 0 Å². The number of halogens is 3. The van der Waals surface area contributed by atoms with Crippen molar-refractivity contribution >= 4 is 17.7 Å². The van der Waals surface area contributed by atoms with Crippen molar-refractivity contribution in [3.8, 4) is 0 Å². The lowest BCUT2D eigenvalue weighted by atomic mass is 10.00. The second-order valence-electron chi connectivity index (χ2n) is 4.81. The van der Waals surface area contributed by atoms with E-state index in [0.717, 1.165) is 11.1 Å². The lowest BCUT2D eigenvalue weighted by Gasteiger charge is -2.25. The highest BCUT2D eigenvalue weighted by Crippen LogP contribution is 2.29. The molecule has 0 aliphatic carbocycles. The molecule has 0 spiro atoms. The zero-order valence-electron chi connectivity index (χ0n) is 12.2. The van der Waals surface area contributed by atoms with E-state index in [0.29, 0.717) is 0 Å². The summed E-state index contributed by atoms with van der Waals surface area (Å²) >= 11 is -0.134. The van der Waals surface area contributed by atoms with Gasteiger partial charge in [0.25, 0.3) is 0 Å². The molecule has 0 aliphatic rings.